The smallest absolute Gasteiger partial charge is 0.157 e. The van der Waals surface area contributed by atoms with Crippen molar-refractivity contribution in [3.63, 3.8) is 0 Å². The van der Waals surface area contributed by atoms with Crippen LogP contribution < -0.4 is 5.73 Å². The lowest BCUT2D eigenvalue weighted by Crippen LogP contribution is -2.06. The van der Waals surface area contributed by atoms with E-state index < -0.39 is 0 Å². The first kappa shape index (κ1) is 11.5. The van der Waals surface area contributed by atoms with E-state index in [1.165, 1.54) is 12.1 Å². The van der Waals surface area contributed by atoms with Gasteiger partial charge in [-0.05, 0) is 30.7 Å². The molecule has 0 aromatic heterocycles. The molecule has 0 radical (unpaired) electrons. The average Bonchev–Trinajstić information content (AvgIpc) is 2.20. The maximum atomic E-state index is 11.4. The number of Topliss-reactive ketones (excluding diaryl/α,β-unsaturated/α-hetero) is 1. The van der Waals surface area contributed by atoms with Crippen LogP contribution in [-0.2, 0) is 11.2 Å². The topological polar surface area (TPSA) is 83.6 Å². The number of hydrogen-bond donors (Lipinski definition) is 3. The molecule has 0 saturated heterocycles. The first-order valence-electron chi connectivity index (χ1n) is 4.86. The van der Waals surface area contributed by atoms with Crippen molar-refractivity contribution in [3.05, 3.63) is 23.8 Å². The summed E-state index contributed by atoms with van der Waals surface area (Å²) >= 11 is 0. The standard InChI is InChI=1S/C11H15NO3/c12-5-1-2-9(13)6-8-3-4-10(14)11(15)7-8/h3-4,7,14-15H,1-2,5-6,12H2. The summed E-state index contributed by atoms with van der Waals surface area (Å²) in [6, 6.07) is 4.39. The Hall–Kier alpha value is -1.55. The van der Waals surface area contributed by atoms with E-state index in [4.69, 9.17) is 10.8 Å². The van der Waals surface area contributed by atoms with Crippen molar-refractivity contribution in [1.29, 1.82) is 0 Å². The van der Waals surface area contributed by atoms with E-state index in [0.29, 0.717) is 24.9 Å². The molecule has 0 aliphatic heterocycles. The van der Waals surface area contributed by atoms with Gasteiger partial charge in [-0.1, -0.05) is 6.07 Å². The van der Waals surface area contributed by atoms with Crippen LogP contribution in [0, 0.1) is 0 Å². The van der Waals surface area contributed by atoms with Gasteiger partial charge in [-0.3, -0.25) is 4.79 Å². The third-order valence-corrected chi connectivity index (χ3v) is 2.10. The van der Waals surface area contributed by atoms with Crippen LogP contribution in [0.4, 0.5) is 0 Å². The van der Waals surface area contributed by atoms with Crippen LogP contribution in [0.25, 0.3) is 0 Å². The van der Waals surface area contributed by atoms with Gasteiger partial charge in [0, 0.05) is 12.8 Å². The van der Waals surface area contributed by atoms with E-state index in [-0.39, 0.29) is 23.7 Å². The van der Waals surface area contributed by atoms with Crippen LogP contribution in [0.2, 0.25) is 0 Å². The van der Waals surface area contributed by atoms with Gasteiger partial charge in [0.05, 0.1) is 0 Å². The van der Waals surface area contributed by atoms with Crippen molar-refractivity contribution in [3.8, 4) is 11.5 Å². The van der Waals surface area contributed by atoms with Crippen molar-refractivity contribution in [1.82, 2.24) is 0 Å². The van der Waals surface area contributed by atoms with Crippen LogP contribution in [0.1, 0.15) is 18.4 Å². The minimum absolute atomic E-state index is 0.0885. The molecule has 0 spiro atoms. The maximum Gasteiger partial charge on any atom is 0.157 e. The Morgan fingerprint density at radius 1 is 1.27 bits per heavy atom. The molecule has 0 aliphatic rings. The number of aromatic hydroxyl groups is 2. The van der Waals surface area contributed by atoms with Gasteiger partial charge in [-0.2, -0.15) is 0 Å². The van der Waals surface area contributed by atoms with Gasteiger partial charge in [0.25, 0.3) is 0 Å². The first-order chi connectivity index (χ1) is 7.13. The zero-order valence-corrected chi connectivity index (χ0v) is 8.44. The molecule has 0 aliphatic carbocycles. The molecular weight excluding hydrogens is 194 g/mol. The van der Waals surface area contributed by atoms with Crippen molar-refractivity contribution >= 4 is 5.78 Å². The molecule has 0 fully saturated rings. The minimum Gasteiger partial charge on any atom is -0.504 e. The average molecular weight is 209 g/mol. The molecule has 1 rings (SSSR count). The van der Waals surface area contributed by atoms with Gasteiger partial charge in [0.1, 0.15) is 5.78 Å². The number of hydrogen-bond acceptors (Lipinski definition) is 4. The summed E-state index contributed by atoms with van der Waals surface area (Å²) in [5.74, 6) is -0.280. The zero-order valence-electron chi connectivity index (χ0n) is 8.44. The van der Waals surface area contributed by atoms with Crippen molar-refractivity contribution in [2.75, 3.05) is 6.54 Å². The Balaban J connectivity index is 2.57. The summed E-state index contributed by atoms with van der Waals surface area (Å²) in [4.78, 5) is 11.4. The van der Waals surface area contributed by atoms with E-state index in [9.17, 15) is 9.90 Å². The van der Waals surface area contributed by atoms with E-state index in [1.807, 2.05) is 0 Å². The molecule has 1 aromatic carbocycles. The van der Waals surface area contributed by atoms with Crippen LogP contribution in [0.5, 0.6) is 11.5 Å². The molecule has 0 unspecified atom stereocenters. The van der Waals surface area contributed by atoms with E-state index in [1.54, 1.807) is 6.07 Å². The van der Waals surface area contributed by atoms with Crippen molar-refractivity contribution in [2.24, 2.45) is 5.73 Å². The quantitative estimate of drug-likeness (QED) is 0.630. The van der Waals surface area contributed by atoms with Crippen LogP contribution in [0.3, 0.4) is 0 Å². The first-order valence-corrected chi connectivity index (χ1v) is 4.86. The fourth-order valence-electron chi connectivity index (χ4n) is 1.29. The monoisotopic (exact) mass is 209 g/mol. The summed E-state index contributed by atoms with van der Waals surface area (Å²) in [6.07, 6.45) is 1.41. The van der Waals surface area contributed by atoms with Gasteiger partial charge in [0.2, 0.25) is 0 Å². The van der Waals surface area contributed by atoms with Crippen molar-refractivity contribution in [2.45, 2.75) is 19.3 Å². The fraction of sp³-hybridized carbons (Fsp3) is 0.364. The third-order valence-electron chi connectivity index (χ3n) is 2.10. The number of carbonyl (C=O) groups is 1. The van der Waals surface area contributed by atoms with Gasteiger partial charge in [-0.15, -0.1) is 0 Å². The molecule has 4 N–H and O–H groups in total. The molecule has 0 amide bonds. The lowest BCUT2D eigenvalue weighted by molar-refractivity contribution is -0.118. The number of carbonyl (C=O) groups excluding carboxylic acids is 1. The molecule has 0 bridgehead atoms. The predicted octanol–water partition coefficient (Wildman–Crippen LogP) is 0.948. The van der Waals surface area contributed by atoms with Gasteiger partial charge >= 0.3 is 0 Å². The number of benzene rings is 1. The van der Waals surface area contributed by atoms with E-state index >= 15 is 0 Å². The Morgan fingerprint density at radius 3 is 2.60 bits per heavy atom. The molecular formula is C11H15NO3. The van der Waals surface area contributed by atoms with Crippen LogP contribution in [0.15, 0.2) is 18.2 Å². The zero-order chi connectivity index (χ0) is 11.3. The lowest BCUT2D eigenvalue weighted by atomic mass is 10.1. The van der Waals surface area contributed by atoms with Crippen molar-refractivity contribution < 1.29 is 15.0 Å². The van der Waals surface area contributed by atoms with Crippen LogP contribution >= 0.6 is 0 Å². The molecule has 4 heteroatoms. The van der Waals surface area contributed by atoms with Crippen LogP contribution in [-0.4, -0.2) is 22.5 Å². The summed E-state index contributed by atoms with van der Waals surface area (Å²) in [5.41, 5.74) is 5.99. The number of rotatable bonds is 5. The number of nitrogens with two attached hydrogens (primary N) is 1. The molecule has 4 nitrogen and oxygen atoms in total. The highest BCUT2D eigenvalue weighted by molar-refractivity contribution is 5.81. The largest absolute Gasteiger partial charge is 0.504 e. The summed E-state index contributed by atoms with van der Waals surface area (Å²) in [7, 11) is 0. The van der Waals surface area contributed by atoms with Gasteiger partial charge in [-0.25, -0.2) is 0 Å². The normalized spacial score (nSPS) is 10.2. The molecule has 1 aromatic rings. The minimum atomic E-state index is -0.195. The molecule has 0 atom stereocenters. The summed E-state index contributed by atoms with van der Waals surface area (Å²) < 4.78 is 0. The third kappa shape index (κ3) is 3.59. The Labute approximate surface area is 88.3 Å². The highest BCUT2D eigenvalue weighted by Gasteiger charge is 2.05. The summed E-state index contributed by atoms with van der Waals surface area (Å²) in [6.45, 7) is 0.507. The highest BCUT2D eigenvalue weighted by Crippen LogP contribution is 2.25. The number of ketones is 1. The van der Waals surface area contributed by atoms with E-state index in [0.717, 1.165) is 0 Å². The molecule has 0 heterocycles. The number of phenolic OH excluding ortho intramolecular Hbond substituents is 2. The summed E-state index contributed by atoms with van der Waals surface area (Å²) in [5, 5.41) is 18.3. The Kier molecular flexibility index (Phi) is 4.12. The SMILES string of the molecule is NCCCC(=O)Cc1ccc(O)c(O)c1. The predicted molar refractivity (Wildman–Crippen MR) is 56.8 cm³/mol. The Morgan fingerprint density at radius 2 is 2.00 bits per heavy atom. The molecule has 15 heavy (non-hydrogen) atoms. The van der Waals surface area contributed by atoms with Gasteiger partial charge < -0.3 is 15.9 Å². The highest BCUT2D eigenvalue weighted by atomic mass is 16.3. The molecule has 0 saturated carbocycles. The van der Waals surface area contributed by atoms with Gasteiger partial charge in [0.15, 0.2) is 11.5 Å². The molecule has 82 valence electrons. The fourth-order valence-corrected chi connectivity index (χ4v) is 1.29. The second kappa shape index (κ2) is 5.36. The maximum absolute atomic E-state index is 11.4. The second-order valence-corrected chi connectivity index (χ2v) is 3.43. The lowest BCUT2D eigenvalue weighted by Gasteiger charge is -2.02. The van der Waals surface area contributed by atoms with E-state index in [2.05, 4.69) is 0 Å². The number of phenols is 2. The second-order valence-electron chi connectivity index (χ2n) is 3.43. The Bertz CT molecular complexity index is 350.